The molecule has 1 aromatic carbocycles. The van der Waals surface area contributed by atoms with Crippen molar-refractivity contribution in [3.8, 4) is 11.5 Å². The number of hydrogen-bond donors (Lipinski definition) is 1. The minimum Gasteiger partial charge on any atom is -0.493 e. The lowest BCUT2D eigenvalue weighted by atomic mass is 9.79. The van der Waals surface area contributed by atoms with E-state index in [-0.39, 0.29) is 6.10 Å². The molecule has 0 saturated heterocycles. The van der Waals surface area contributed by atoms with Gasteiger partial charge < -0.3 is 14.6 Å². The highest BCUT2D eigenvalue weighted by Crippen LogP contribution is 2.44. The number of methoxy groups -OCH3 is 1. The van der Waals surface area contributed by atoms with Crippen LogP contribution in [0.4, 0.5) is 0 Å². The van der Waals surface area contributed by atoms with Crippen molar-refractivity contribution >= 4 is 5.97 Å². The van der Waals surface area contributed by atoms with Crippen molar-refractivity contribution in [1.29, 1.82) is 0 Å². The number of benzene rings is 1. The first kappa shape index (κ1) is 13.3. The molecule has 0 spiro atoms. The number of carboxylic acid groups (broad SMARTS) is 1. The fraction of sp³-hybridized carbons (Fsp3) is 0.562. The lowest BCUT2D eigenvalue weighted by Gasteiger charge is -2.25. The van der Waals surface area contributed by atoms with E-state index in [1.54, 1.807) is 7.11 Å². The van der Waals surface area contributed by atoms with E-state index in [9.17, 15) is 9.90 Å². The highest BCUT2D eigenvalue weighted by molar-refractivity contribution is 5.82. The summed E-state index contributed by atoms with van der Waals surface area (Å²) in [6.45, 7) is 0. The van der Waals surface area contributed by atoms with Crippen LogP contribution in [0.5, 0.6) is 11.5 Å². The highest BCUT2D eigenvalue weighted by Gasteiger charge is 2.43. The Morgan fingerprint density at radius 1 is 1.25 bits per heavy atom. The number of ether oxygens (including phenoxy) is 2. The van der Waals surface area contributed by atoms with Gasteiger partial charge >= 0.3 is 5.97 Å². The van der Waals surface area contributed by atoms with E-state index >= 15 is 0 Å². The van der Waals surface area contributed by atoms with E-state index in [4.69, 9.17) is 9.47 Å². The zero-order chi connectivity index (χ0) is 14.2. The van der Waals surface area contributed by atoms with Gasteiger partial charge in [0.25, 0.3) is 0 Å². The number of carbonyl (C=O) groups is 1. The van der Waals surface area contributed by atoms with Gasteiger partial charge in [0.1, 0.15) is 0 Å². The van der Waals surface area contributed by atoms with Gasteiger partial charge in [0.2, 0.25) is 0 Å². The SMILES string of the molecule is COc1ccc(C2(C(=O)O)CCCC2)cc1OC1CC1. The fourth-order valence-corrected chi connectivity index (χ4v) is 3.04. The first-order valence-corrected chi connectivity index (χ1v) is 7.24. The summed E-state index contributed by atoms with van der Waals surface area (Å²) in [4.78, 5) is 11.8. The van der Waals surface area contributed by atoms with E-state index in [1.165, 1.54) is 0 Å². The molecule has 4 nitrogen and oxygen atoms in total. The van der Waals surface area contributed by atoms with Gasteiger partial charge in [-0.05, 0) is 43.4 Å². The summed E-state index contributed by atoms with van der Waals surface area (Å²) in [6.07, 6.45) is 5.75. The predicted molar refractivity (Wildman–Crippen MR) is 74.4 cm³/mol. The zero-order valence-electron chi connectivity index (χ0n) is 11.7. The summed E-state index contributed by atoms with van der Waals surface area (Å²) in [5.74, 6) is 0.636. The number of carboxylic acids is 1. The molecule has 0 bridgehead atoms. The molecule has 2 aliphatic rings. The zero-order valence-corrected chi connectivity index (χ0v) is 11.7. The standard InChI is InChI=1S/C16H20O4/c1-19-13-7-4-11(10-14(13)20-12-5-6-12)16(15(17)18)8-2-3-9-16/h4,7,10,12H,2-3,5-6,8-9H2,1H3,(H,17,18). The van der Waals surface area contributed by atoms with Gasteiger partial charge in [-0.2, -0.15) is 0 Å². The van der Waals surface area contributed by atoms with Crippen LogP contribution in [0.15, 0.2) is 18.2 Å². The van der Waals surface area contributed by atoms with Crippen LogP contribution in [-0.2, 0) is 10.2 Å². The van der Waals surface area contributed by atoms with Gasteiger partial charge in [0, 0.05) is 0 Å². The van der Waals surface area contributed by atoms with E-state index in [1.807, 2.05) is 18.2 Å². The third kappa shape index (κ3) is 2.23. The number of rotatable bonds is 5. The summed E-state index contributed by atoms with van der Waals surface area (Å²) in [5, 5.41) is 9.66. The molecule has 0 aliphatic heterocycles. The monoisotopic (exact) mass is 276 g/mol. The molecule has 1 aromatic rings. The minimum absolute atomic E-state index is 0.267. The predicted octanol–water partition coefficient (Wildman–Crippen LogP) is 3.13. The molecular formula is C16H20O4. The Kier molecular flexibility index (Phi) is 3.32. The first-order chi connectivity index (χ1) is 9.65. The minimum atomic E-state index is -0.742. The van der Waals surface area contributed by atoms with Gasteiger partial charge in [-0.15, -0.1) is 0 Å². The Labute approximate surface area is 118 Å². The van der Waals surface area contributed by atoms with Crippen molar-refractivity contribution in [1.82, 2.24) is 0 Å². The van der Waals surface area contributed by atoms with Crippen LogP contribution in [0.3, 0.4) is 0 Å². The Morgan fingerprint density at radius 3 is 2.50 bits per heavy atom. The molecule has 0 atom stereocenters. The van der Waals surface area contributed by atoms with Crippen LogP contribution in [0.2, 0.25) is 0 Å². The van der Waals surface area contributed by atoms with Crippen LogP contribution >= 0.6 is 0 Å². The van der Waals surface area contributed by atoms with Crippen molar-refractivity contribution in [2.24, 2.45) is 0 Å². The van der Waals surface area contributed by atoms with Crippen LogP contribution in [0, 0.1) is 0 Å². The van der Waals surface area contributed by atoms with Crippen molar-refractivity contribution in [2.75, 3.05) is 7.11 Å². The third-order valence-electron chi connectivity index (χ3n) is 4.40. The van der Waals surface area contributed by atoms with Crippen LogP contribution in [0.25, 0.3) is 0 Å². The van der Waals surface area contributed by atoms with E-state index in [0.717, 1.165) is 31.2 Å². The lowest BCUT2D eigenvalue weighted by molar-refractivity contribution is -0.143. The van der Waals surface area contributed by atoms with Crippen LogP contribution < -0.4 is 9.47 Å². The normalized spacial score (nSPS) is 20.6. The molecular weight excluding hydrogens is 256 g/mol. The number of aliphatic carboxylic acids is 1. The average Bonchev–Trinajstić information content (AvgIpc) is 3.11. The molecule has 20 heavy (non-hydrogen) atoms. The number of hydrogen-bond acceptors (Lipinski definition) is 3. The molecule has 4 heteroatoms. The molecule has 0 unspecified atom stereocenters. The third-order valence-corrected chi connectivity index (χ3v) is 4.40. The lowest BCUT2D eigenvalue weighted by Crippen LogP contribution is -2.32. The first-order valence-electron chi connectivity index (χ1n) is 7.24. The topological polar surface area (TPSA) is 55.8 Å². The Morgan fingerprint density at radius 2 is 1.95 bits per heavy atom. The Balaban J connectivity index is 1.97. The smallest absolute Gasteiger partial charge is 0.314 e. The Bertz CT molecular complexity index is 513. The second-order valence-corrected chi connectivity index (χ2v) is 5.78. The molecule has 0 aromatic heterocycles. The molecule has 2 saturated carbocycles. The largest absolute Gasteiger partial charge is 0.493 e. The maximum Gasteiger partial charge on any atom is 0.314 e. The van der Waals surface area contributed by atoms with Gasteiger partial charge in [0.05, 0.1) is 18.6 Å². The maximum atomic E-state index is 11.8. The van der Waals surface area contributed by atoms with E-state index < -0.39 is 11.4 Å². The van der Waals surface area contributed by atoms with E-state index in [2.05, 4.69) is 0 Å². The van der Waals surface area contributed by atoms with Crippen molar-refractivity contribution in [3.05, 3.63) is 23.8 Å². The summed E-state index contributed by atoms with van der Waals surface area (Å²) in [7, 11) is 1.61. The summed E-state index contributed by atoms with van der Waals surface area (Å²) >= 11 is 0. The summed E-state index contributed by atoms with van der Waals surface area (Å²) in [5.41, 5.74) is 0.104. The molecule has 108 valence electrons. The quantitative estimate of drug-likeness (QED) is 0.897. The molecule has 0 heterocycles. The van der Waals surface area contributed by atoms with Crippen LogP contribution in [0.1, 0.15) is 44.1 Å². The van der Waals surface area contributed by atoms with Crippen molar-refractivity contribution in [2.45, 2.75) is 50.0 Å². The van der Waals surface area contributed by atoms with Crippen molar-refractivity contribution < 1.29 is 19.4 Å². The highest BCUT2D eigenvalue weighted by atomic mass is 16.5. The molecule has 0 radical (unpaired) electrons. The average molecular weight is 276 g/mol. The summed E-state index contributed by atoms with van der Waals surface area (Å²) < 4.78 is 11.2. The molecule has 2 fully saturated rings. The second kappa shape index (κ2) is 5.00. The molecule has 0 amide bonds. The summed E-state index contributed by atoms with van der Waals surface area (Å²) in [6, 6.07) is 5.57. The fourth-order valence-electron chi connectivity index (χ4n) is 3.04. The van der Waals surface area contributed by atoms with E-state index in [0.29, 0.717) is 24.3 Å². The maximum absolute atomic E-state index is 11.8. The molecule has 1 N–H and O–H groups in total. The second-order valence-electron chi connectivity index (χ2n) is 5.78. The van der Waals surface area contributed by atoms with Gasteiger partial charge in [-0.1, -0.05) is 18.9 Å². The molecule has 2 aliphatic carbocycles. The molecule has 3 rings (SSSR count). The van der Waals surface area contributed by atoms with Gasteiger partial charge in [-0.25, -0.2) is 0 Å². The van der Waals surface area contributed by atoms with Crippen LogP contribution in [-0.4, -0.2) is 24.3 Å². The van der Waals surface area contributed by atoms with Gasteiger partial charge in [0.15, 0.2) is 11.5 Å². The Hall–Kier alpha value is -1.71. The van der Waals surface area contributed by atoms with Gasteiger partial charge in [-0.3, -0.25) is 4.79 Å². The van der Waals surface area contributed by atoms with Crippen molar-refractivity contribution in [3.63, 3.8) is 0 Å².